The molecule has 1 heterocycles. The van der Waals surface area contributed by atoms with Crippen LogP contribution in [0.5, 0.6) is 5.75 Å². The van der Waals surface area contributed by atoms with Crippen LogP contribution in [0, 0.1) is 6.92 Å². The van der Waals surface area contributed by atoms with Gasteiger partial charge in [-0.15, -0.1) is 0 Å². The third-order valence-electron chi connectivity index (χ3n) is 2.03. The summed E-state index contributed by atoms with van der Waals surface area (Å²) in [5, 5.41) is 0. The second-order valence-corrected chi connectivity index (χ2v) is 3.45. The first-order valence-electron chi connectivity index (χ1n) is 5.02. The summed E-state index contributed by atoms with van der Waals surface area (Å²) < 4.78 is 5.52. The molecule has 0 bridgehead atoms. The number of para-hydroxylation sites is 1. The molecule has 1 aromatic carbocycles. The molecule has 0 atom stereocenters. The number of anilines is 1. The van der Waals surface area contributed by atoms with Gasteiger partial charge in [0.2, 0.25) is 0 Å². The van der Waals surface area contributed by atoms with Crippen LogP contribution in [0.3, 0.4) is 0 Å². The summed E-state index contributed by atoms with van der Waals surface area (Å²) in [5.41, 5.74) is 6.47. The van der Waals surface area contributed by atoms with Gasteiger partial charge in [0, 0.05) is 11.8 Å². The predicted octanol–water partition coefficient (Wildman–Crippen LogP) is 1.95. The highest BCUT2D eigenvalue weighted by Crippen LogP contribution is 2.10. The molecule has 0 unspecified atom stereocenters. The highest BCUT2D eigenvalue weighted by atomic mass is 16.5. The summed E-state index contributed by atoms with van der Waals surface area (Å²) in [6, 6.07) is 11.3. The van der Waals surface area contributed by atoms with E-state index in [0.29, 0.717) is 18.2 Å². The fraction of sp³-hybridized carbons (Fsp3) is 0.167. The average Bonchev–Trinajstić information content (AvgIpc) is 2.27. The number of aryl methyl sites for hydroxylation is 1. The molecule has 0 amide bonds. The van der Waals surface area contributed by atoms with Crippen LogP contribution in [0.4, 0.5) is 5.82 Å². The molecule has 2 aromatic rings. The molecule has 0 spiro atoms. The van der Waals surface area contributed by atoms with Gasteiger partial charge in [-0.2, -0.15) is 0 Å². The summed E-state index contributed by atoms with van der Waals surface area (Å²) in [6.45, 7) is 2.21. The summed E-state index contributed by atoms with van der Waals surface area (Å²) in [6.07, 6.45) is 0. The van der Waals surface area contributed by atoms with E-state index < -0.39 is 0 Å². The number of benzene rings is 1. The lowest BCUT2D eigenvalue weighted by Gasteiger charge is -2.05. The molecule has 82 valence electrons. The maximum absolute atomic E-state index is 5.62. The number of nitrogens with two attached hydrogens (primary N) is 1. The number of hydrogen-bond acceptors (Lipinski definition) is 4. The van der Waals surface area contributed by atoms with Crippen molar-refractivity contribution in [3.63, 3.8) is 0 Å². The zero-order valence-electron chi connectivity index (χ0n) is 9.05. The van der Waals surface area contributed by atoms with Crippen LogP contribution in [0.15, 0.2) is 36.4 Å². The van der Waals surface area contributed by atoms with Crippen LogP contribution in [-0.2, 0) is 6.61 Å². The first-order valence-corrected chi connectivity index (χ1v) is 5.02. The quantitative estimate of drug-likeness (QED) is 0.850. The Kier molecular flexibility index (Phi) is 3.00. The van der Waals surface area contributed by atoms with E-state index in [2.05, 4.69) is 9.97 Å². The Morgan fingerprint density at radius 1 is 1.19 bits per heavy atom. The van der Waals surface area contributed by atoms with Crippen molar-refractivity contribution >= 4 is 5.82 Å². The molecule has 2 rings (SSSR count). The summed E-state index contributed by atoms with van der Waals surface area (Å²) >= 11 is 0. The fourth-order valence-corrected chi connectivity index (χ4v) is 1.39. The van der Waals surface area contributed by atoms with Crippen molar-refractivity contribution in [2.45, 2.75) is 13.5 Å². The minimum atomic E-state index is 0.329. The molecule has 16 heavy (non-hydrogen) atoms. The van der Waals surface area contributed by atoms with Crippen LogP contribution in [0.2, 0.25) is 0 Å². The van der Waals surface area contributed by atoms with E-state index in [9.17, 15) is 0 Å². The smallest absolute Gasteiger partial charge is 0.168 e. The molecule has 0 aliphatic rings. The molecule has 0 aliphatic heterocycles. The number of rotatable bonds is 3. The molecule has 2 N–H and O–H groups in total. The minimum Gasteiger partial charge on any atom is -0.486 e. The molecule has 0 saturated heterocycles. The first-order chi connectivity index (χ1) is 7.74. The lowest BCUT2D eigenvalue weighted by atomic mass is 10.3. The molecule has 0 radical (unpaired) electrons. The normalized spacial score (nSPS) is 10.1. The van der Waals surface area contributed by atoms with Crippen molar-refractivity contribution in [3.05, 3.63) is 47.9 Å². The molecular formula is C12H13N3O. The van der Waals surface area contributed by atoms with Gasteiger partial charge in [0.1, 0.15) is 18.2 Å². The number of aromatic nitrogens is 2. The van der Waals surface area contributed by atoms with Gasteiger partial charge in [0.25, 0.3) is 0 Å². The minimum absolute atomic E-state index is 0.329. The fourth-order valence-electron chi connectivity index (χ4n) is 1.39. The summed E-state index contributed by atoms with van der Waals surface area (Å²) in [4.78, 5) is 8.32. The topological polar surface area (TPSA) is 61.0 Å². The molecule has 0 aliphatic carbocycles. The second-order valence-electron chi connectivity index (χ2n) is 3.45. The SMILES string of the molecule is Cc1cc(N)nc(COc2ccccc2)n1. The Morgan fingerprint density at radius 2 is 1.94 bits per heavy atom. The van der Waals surface area contributed by atoms with Gasteiger partial charge in [0.15, 0.2) is 5.82 Å². The van der Waals surface area contributed by atoms with Crippen LogP contribution in [0.25, 0.3) is 0 Å². The lowest BCUT2D eigenvalue weighted by molar-refractivity contribution is 0.295. The molecule has 1 aromatic heterocycles. The first kappa shape index (κ1) is 10.4. The van der Waals surface area contributed by atoms with Crippen LogP contribution < -0.4 is 10.5 Å². The number of hydrogen-bond donors (Lipinski definition) is 1. The van der Waals surface area contributed by atoms with Crippen LogP contribution in [-0.4, -0.2) is 9.97 Å². The molecule has 4 nitrogen and oxygen atoms in total. The van der Waals surface area contributed by atoms with E-state index in [0.717, 1.165) is 11.4 Å². The Hall–Kier alpha value is -2.10. The maximum Gasteiger partial charge on any atom is 0.168 e. The Bertz CT molecular complexity index is 451. The maximum atomic E-state index is 5.62. The van der Waals surface area contributed by atoms with Crippen molar-refractivity contribution in [2.24, 2.45) is 0 Å². The molecule has 4 heteroatoms. The molecule has 0 saturated carbocycles. The van der Waals surface area contributed by atoms with E-state index in [-0.39, 0.29) is 0 Å². The number of nitrogens with zero attached hydrogens (tertiary/aromatic N) is 2. The van der Waals surface area contributed by atoms with Gasteiger partial charge in [0.05, 0.1) is 0 Å². The van der Waals surface area contributed by atoms with Crippen molar-refractivity contribution in [1.29, 1.82) is 0 Å². The number of nitrogen functional groups attached to an aromatic ring is 1. The van der Waals surface area contributed by atoms with Gasteiger partial charge in [-0.3, -0.25) is 0 Å². The van der Waals surface area contributed by atoms with Crippen LogP contribution in [0.1, 0.15) is 11.5 Å². The van der Waals surface area contributed by atoms with E-state index >= 15 is 0 Å². The van der Waals surface area contributed by atoms with E-state index in [1.165, 1.54) is 0 Å². The number of ether oxygens (including phenoxy) is 1. The Balaban J connectivity index is 2.05. The van der Waals surface area contributed by atoms with Crippen molar-refractivity contribution in [1.82, 2.24) is 9.97 Å². The summed E-state index contributed by atoms with van der Waals surface area (Å²) in [7, 11) is 0. The molecular weight excluding hydrogens is 202 g/mol. The zero-order valence-corrected chi connectivity index (χ0v) is 9.05. The van der Waals surface area contributed by atoms with Gasteiger partial charge < -0.3 is 10.5 Å². The lowest BCUT2D eigenvalue weighted by Crippen LogP contribution is -2.05. The van der Waals surface area contributed by atoms with Crippen LogP contribution >= 0.6 is 0 Å². The largest absolute Gasteiger partial charge is 0.486 e. The van der Waals surface area contributed by atoms with E-state index in [1.807, 2.05) is 37.3 Å². The Morgan fingerprint density at radius 3 is 2.62 bits per heavy atom. The Labute approximate surface area is 94.1 Å². The molecule has 0 fully saturated rings. The third-order valence-corrected chi connectivity index (χ3v) is 2.03. The van der Waals surface area contributed by atoms with Gasteiger partial charge in [-0.25, -0.2) is 9.97 Å². The summed E-state index contributed by atoms with van der Waals surface area (Å²) in [5.74, 6) is 1.87. The van der Waals surface area contributed by atoms with Gasteiger partial charge in [-0.05, 0) is 19.1 Å². The van der Waals surface area contributed by atoms with Crippen molar-refractivity contribution in [3.8, 4) is 5.75 Å². The zero-order chi connectivity index (χ0) is 11.4. The van der Waals surface area contributed by atoms with Gasteiger partial charge >= 0.3 is 0 Å². The predicted molar refractivity (Wildman–Crippen MR) is 62.0 cm³/mol. The second kappa shape index (κ2) is 4.61. The standard InChI is InChI=1S/C12H13N3O/c1-9-7-11(13)15-12(14-9)8-16-10-5-3-2-4-6-10/h2-7H,8H2,1H3,(H2,13,14,15). The van der Waals surface area contributed by atoms with Crippen molar-refractivity contribution in [2.75, 3.05) is 5.73 Å². The van der Waals surface area contributed by atoms with E-state index in [4.69, 9.17) is 10.5 Å². The highest BCUT2D eigenvalue weighted by Gasteiger charge is 2.00. The monoisotopic (exact) mass is 215 g/mol. The van der Waals surface area contributed by atoms with E-state index in [1.54, 1.807) is 6.07 Å². The average molecular weight is 215 g/mol. The third kappa shape index (κ3) is 2.70. The highest BCUT2D eigenvalue weighted by molar-refractivity contribution is 5.29. The van der Waals surface area contributed by atoms with Gasteiger partial charge in [-0.1, -0.05) is 18.2 Å². The van der Waals surface area contributed by atoms with Crippen molar-refractivity contribution < 1.29 is 4.74 Å².